The number of ether oxygens (including phenoxy) is 2. The Kier molecular flexibility index (Phi) is 4.34. The van der Waals surface area contributed by atoms with Crippen LogP contribution in [-0.2, 0) is 6.61 Å². The van der Waals surface area contributed by atoms with Crippen LogP contribution in [0.5, 0.6) is 11.5 Å². The molecule has 0 aromatic heterocycles. The van der Waals surface area contributed by atoms with Gasteiger partial charge in [-0.05, 0) is 36.4 Å². The molecule has 2 rings (SSSR count). The van der Waals surface area contributed by atoms with Crippen LogP contribution in [0.1, 0.15) is 11.1 Å². The first-order valence-electron chi connectivity index (χ1n) is 5.89. The van der Waals surface area contributed by atoms with Crippen molar-refractivity contribution >= 4 is 17.3 Å². The molecule has 0 aliphatic rings. The Morgan fingerprint density at radius 1 is 1.20 bits per heavy atom. The Morgan fingerprint density at radius 2 is 1.95 bits per heavy atom. The predicted octanol–water partition coefficient (Wildman–Crippen LogP) is 3.38. The molecule has 2 aromatic rings. The molecule has 0 aliphatic heterocycles. The van der Waals surface area contributed by atoms with E-state index in [1.165, 1.54) is 0 Å². The number of halogens is 1. The summed E-state index contributed by atoms with van der Waals surface area (Å²) in [6.45, 7) is 0.254. The van der Waals surface area contributed by atoms with Gasteiger partial charge in [-0.2, -0.15) is 5.26 Å². The van der Waals surface area contributed by atoms with Gasteiger partial charge in [0.05, 0.1) is 24.4 Å². The largest absolute Gasteiger partial charge is 0.496 e. The van der Waals surface area contributed by atoms with E-state index in [4.69, 9.17) is 32.1 Å². The summed E-state index contributed by atoms with van der Waals surface area (Å²) in [4.78, 5) is 0. The zero-order valence-corrected chi connectivity index (χ0v) is 11.6. The molecule has 0 saturated heterocycles. The number of nitriles is 1. The molecular formula is C15H13ClN2O2. The van der Waals surface area contributed by atoms with E-state index in [-0.39, 0.29) is 6.61 Å². The minimum atomic E-state index is 0.254. The van der Waals surface area contributed by atoms with Crippen molar-refractivity contribution in [2.24, 2.45) is 0 Å². The van der Waals surface area contributed by atoms with E-state index in [0.29, 0.717) is 27.8 Å². The van der Waals surface area contributed by atoms with E-state index in [9.17, 15) is 0 Å². The van der Waals surface area contributed by atoms with Gasteiger partial charge in [-0.15, -0.1) is 0 Å². The molecule has 2 aromatic carbocycles. The van der Waals surface area contributed by atoms with Gasteiger partial charge in [0.2, 0.25) is 0 Å². The fourth-order valence-electron chi connectivity index (χ4n) is 1.77. The van der Waals surface area contributed by atoms with E-state index in [0.717, 1.165) is 5.56 Å². The van der Waals surface area contributed by atoms with Gasteiger partial charge in [0.15, 0.2) is 0 Å². The lowest BCUT2D eigenvalue weighted by molar-refractivity contribution is 0.298. The summed E-state index contributed by atoms with van der Waals surface area (Å²) < 4.78 is 10.9. The highest BCUT2D eigenvalue weighted by Crippen LogP contribution is 2.27. The molecule has 4 nitrogen and oxygen atoms in total. The molecule has 0 heterocycles. The van der Waals surface area contributed by atoms with Gasteiger partial charge in [0, 0.05) is 10.6 Å². The maximum atomic E-state index is 8.92. The number of methoxy groups -OCH3 is 1. The lowest BCUT2D eigenvalue weighted by atomic mass is 10.1. The third-order valence-corrected chi connectivity index (χ3v) is 3.00. The number of hydrogen-bond donors (Lipinski definition) is 1. The molecule has 0 radical (unpaired) electrons. The SMILES string of the molecule is COc1ccc(C#N)cc1COc1ccc(Cl)cc1N. The van der Waals surface area contributed by atoms with Crippen molar-refractivity contribution in [3.8, 4) is 17.6 Å². The van der Waals surface area contributed by atoms with Gasteiger partial charge in [-0.1, -0.05) is 11.6 Å². The first-order valence-corrected chi connectivity index (χ1v) is 6.26. The average Bonchev–Trinajstić information content (AvgIpc) is 2.46. The van der Waals surface area contributed by atoms with Crippen molar-refractivity contribution in [2.45, 2.75) is 6.61 Å². The quantitative estimate of drug-likeness (QED) is 0.876. The summed E-state index contributed by atoms with van der Waals surface area (Å²) in [6.07, 6.45) is 0. The normalized spacial score (nSPS) is 9.85. The molecule has 20 heavy (non-hydrogen) atoms. The van der Waals surface area contributed by atoms with E-state index < -0.39 is 0 Å². The van der Waals surface area contributed by atoms with Crippen LogP contribution in [0.3, 0.4) is 0 Å². The number of nitrogens with two attached hydrogens (primary N) is 1. The van der Waals surface area contributed by atoms with E-state index in [2.05, 4.69) is 6.07 Å². The van der Waals surface area contributed by atoms with Crippen molar-refractivity contribution in [1.82, 2.24) is 0 Å². The van der Waals surface area contributed by atoms with E-state index in [1.54, 1.807) is 43.5 Å². The van der Waals surface area contributed by atoms with Crippen molar-refractivity contribution in [1.29, 1.82) is 5.26 Å². The van der Waals surface area contributed by atoms with Crippen LogP contribution in [0.25, 0.3) is 0 Å². The molecule has 0 saturated carbocycles. The second kappa shape index (κ2) is 6.18. The summed E-state index contributed by atoms with van der Waals surface area (Å²) in [5.74, 6) is 1.20. The zero-order chi connectivity index (χ0) is 14.5. The Hall–Kier alpha value is -2.38. The van der Waals surface area contributed by atoms with Crippen LogP contribution in [0.15, 0.2) is 36.4 Å². The number of hydrogen-bond acceptors (Lipinski definition) is 4. The van der Waals surface area contributed by atoms with Gasteiger partial charge >= 0.3 is 0 Å². The molecule has 0 fully saturated rings. The van der Waals surface area contributed by atoms with Gasteiger partial charge in [-0.3, -0.25) is 0 Å². The summed E-state index contributed by atoms with van der Waals surface area (Å²) in [6, 6.07) is 12.3. The Morgan fingerprint density at radius 3 is 2.60 bits per heavy atom. The molecule has 0 aliphatic carbocycles. The fourth-order valence-corrected chi connectivity index (χ4v) is 1.95. The Labute approximate surface area is 122 Å². The molecule has 0 amide bonds. The summed E-state index contributed by atoms with van der Waals surface area (Å²) in [5.41, 5.74) is 7.61. The van der Waals surface area contributed by atoms with Gasteiger partial charge in [0.25, 0.3) is 0 Å². The van der Waals surface area contributed by atoms with E-state index >= 15 is 0 Å². The molecule has 0 unspecified atom stereocenters. The second-order valence-corrected chi connectivity index (χ2v) is 4.55. The minimum absolute atomic E-state index is 0.254. The summed E-state index contributed by atoms with van der Waals surface area (Å²) in [7, 11) is 1.57. The van der Waals surface area contributed by atoms with Crippen molar-refractivity contribution in [2.75, 3.05) is 12.8 Å². The topological polar surface area (TPSA) is 68.3 Å². The molecule has 0 atom stereocenters. The van der Waals surface area contributed by atoms with Crippen molar-refractivity contribution < 1.29 is 9.47 Å². The summed E-state index contributed by atoms with van der Waals surface area (Å²) >= 11 is 5.83. The van der Waals surface area contributed by atoms with E-state index in [1.807, 2.05) is 0 Å². The highest BCUT2D eigenvalue weighted by atomic mass is 35.5. The first kappa shape index (κ1) is 14.0. The number of anilines is 1. The number of nitrogen functional groups attached to an aromatic ring is 1. The predicted molar refractivity (Wildman–Crippen MR) is 77.9 cm³/mol. The highest BCUT2D eigenvalue weighted by molar-refractivity contribution is 6.30. The lowest BCUT2D eigenvalue weighted by Crippen LogP contribution is -2.01. The fraction of sp³-hybridized carbons (Fsp3) is 0.133. The first-order chi connectivity index (χ1) is 9.63. The highest BCUT2D eigenvalue weighted by Gasteiger charge is 2.07. The van der Waals surface area contributed by atoms with Gasteiger partial charge in [-0.25, -0.2) is 0 Å². The maximum Gasteiger partial charge on any atom is 0.142 e. The average molecular weight is 289 g/mol. The molecule has 0 spiro atoms. The number of rotatable bonds is 4. The monoisotopic (exact) mass is 288 g/mol. The van der Waals surface area contributed by atoms with Crippen LogP contribution in [-0.4, -0.2) is 7.11 Å². The maximum absolute atomic E-state index is 8.92. The summed E-state index contributed by atoms with van der Waals surface area (Å²) in [5, 5.41) is 9.47. The van der Waals surface area contributed by atoms with Gasteiger partial charge in [0.1, 0.15) is 18.1 Å². The Bertz CT molecular complexity index is 665. The molecule has 102 valence electrons. The molecular weight excluding hydrogens is 276 g/mol. The Balaban J connectivity index is 2.20. The zero-order valence-electron chi connectivity index (χ0n) is 10.9. The van der Waals surface area contributed by atoms with Crippen molar-refractivity contribution in [3.05, 3.63) is 52.5 Å². The molecule has 0 bridgehead atoms. The minimum Gasteiger partial charge on any atom is -0.496 e. The van der Waals surface area contributed by atoms with Crippen LogP contribution >= 0.6 is 11.6 Å². The number of benzene rings is 2. The van der Waals surface area contributed by atoms with Crippen LogP contribution < -0.4 is 15.2 Å². The van der Waals surface area contributed by atoms with Crippen LogP contribution in [0.4, 0.5) is 5.69 Å². The lowest BCUT2D eigenvalue weighted by Gasteiger charge is -2.12. The third kappa shape index (κ3) is 3.14. The molecule has 5 heteroatoms. The van der Waals surface area contributed by atoms with Gasteiger partial charge < -0.3 is 15.2 Å². The van der Waals surface area contributed by atoms with Crippen molar-refractivity contribution in [3.63, 3.8) is 0 Å². The third-order valence-electron chi connectivity index (χ3n) is 2.76. The smallest absolute Gasteiger partial charge is 0.142 e. The van der Waals surface area contributed by atoms with Crippen LogP contribution in [0.2, 0.25) is 5.02 Å². The molecule has 2 N–H and O–H groups in total. The number of nitrogens with zero attached hydrogens (tertiary/aromatic N) is 1. The van der Waals surface area contributed by atoms with Crippen LogP contribution in [0, 0.1) is 11.3 Å². The standard InChI is InChI=1S/C15H13ClN2O2/c1-19-14-4-2-10(8-17)6-11(14)9-20-15-5-3-12(16)7-13(15)18/h2-7H,9,18H2,1H3. The second-order valence-electron chi connectivity index (χ2n) is 4.11.